The van der Waals surface area contributed by atoms with Gasteiger partial charge in [0.15, 0.2) is 0 Å². The largest absolute Gasteiger partial charge is 0.481 e. The van der Waals surface area contributed by atoms with Gasteiger partial charge in [-0.05, 0) is 19.9 Å². The average Bonchev–Trinajstić information content (AvgIpc) is 2.79. The maximum atomic E-state index is 12.9. The summed E-state index contributed by atoms with van der Waals surface area (Å²) >= 11 is 0. The maximum absolute atomic E-state index is 12.9. The zero-order chi connectivity index (χ0) is 21.8. The molecule has 31 heavy (non-hydrogen) atoms. The van der Waals surface area contributed by atoms with E-state index in [1.54, 1.807) is 12.1 Å². The quantitative estimate of drug-likeness (QED) is 0.760. The molecule has 0 aliphatic carbocycles. The van der Waals surface area contributed by atoms with Gasteiger partial charge < -0.3 is 29.3 Å². The minimum atomic E-state index is -0.290. The van der Waals surface area contributed by atoms with E-state index in [0.29, 0.717) is 56.2 Å². The molecule has 0 radical (unpaired) electrons. The van der Waals surface area contributed by atoms with Crippen molar-refractivity contribution in [3.05, 3.63) is 30.0 Å². The summed E-state index contributed by atoms with van der Waals surface area (Å²) in [6.07, 6.45) is 1.54. The normalized spacial score (nSPS) is 21.6. The first-order valence-electron chi connectivity index (χ1n) is 10.4. The summed E-state index contributed by atoms with van der Waals surface area (Å²) < 4.78 is 16.3. The molecule has 10 nitrogen and oxygen atoms in total. The molecule has 4 heterocycles. The molecule has 0 aromatic carbocycles. The van der Waals surface area contributed by atoms with Gasteiger partial charge in [0.1, 0.15) is 11.6 Å². The number of anilines is 3. The van der Waals surface area contributed by atoms with Gasteiger partial charge in [0.2, 0.25) is 11.8 Å². The molecule has 0 spiro atoms. The number of aromatic nitrogens is 3. The van der Waals surface area contributed by atoms with Crippen molar-refractivity contribution >= 4 is 23.5 Å². The molecular weight excluding hydrogens is 400 g/mol. The lowest BCUT2D eigenvalue weighted by molar-refractivity contribution is 0.0971. The molecule has 10 heteroatoms. The molecule has 2 atom stereocenters. The van der Waals surface area contributed by atoms with E-state index in [1.165, 1.54) is 13.3 Å². The number of morpholine rings is 2. The average molecular weight is 428 g/mol. The Labute approximate surface area is 181 Å². The van der Waals surface area contributed by atoms with Crippen molar-refractivity contribution in [3.8, 4) is 5.88 Å². The summed E-state index contributed by atoms with van der Waals surface area (Å²) in [6.45, 7) is 8.09. The predicted molar refractivity (Wildman–Crippen MR) is 116 cm³/mol. The first kappa shape index (κ1) is 21.3. The first-order chi connectivity index (χ1) is 15.0. The molecule has 0 unspecified atom stereocenters. The molecule has 2 aliphatic rings. The number of nitrogens with zero attached hydrogens (tertiary/aromatic N) is 5. The van der Waals surface area contributed by atoms with Gasteiger partial charge in [0, 0.05) is 37.0 Å². The van der Waals surface area contributed by atoms with E-state index in [4.69, 9.17) is 19.2 Å². The van der Waals surface area contributed by atoms with Crippen molar-refractivity contribution in [2.45, 2.75) is 25.9 Å². The molecule has 1 N–H and O–H groups in total. The third kappa shape index (κ3) is 4.86. The Kier molecular flexibility index (Phi) is 6.47. The third-order valence-corrected chi connectivity index (χ3v) is 5.44. The second kappa shape index (κ2) is 9.44. The smallest absolute Gasteiger partial charge is 0.257 e. The van der Waals surface area contributed by atoms with Gasteiger partial charge in [-0.1, -0.05) is 0 Å². The van der Waals surface area contributed by atoms with Crippen LogP contribution < -0.4 is 19.9 Å². The summed E-state index contributed by atoms with van der Waals surface area (Å²) in [7, 11) is 1.51. The lowest BCUT2D eigenvalue weighted by atomic mass is 10.2. The van der Waals surface area contributed by atoms with Crippen LogP contribution >= 0.6 is 0 Å². The van der Waals surface area contributed by atoms with Gasteiger partial charge in [-0.15, -0.1) is 0 Å². The van der Waals surface area contributed by atoms with Crippen LogP contribution in [-0.4, -0.2) is 79.6 Å². The number of carbonyl (C=O) groups excluding carboxylic acids is 1. The summed E-state index contributed by atoms with van der Waals surface area (Å²) in [6, 6.07) is 5.35. The molecule has 4 rings (SSSR count). The highest BCUT2D eigenvalue weighted by Gasteiger charge is 2.26. The fraction of sp³-hybridized carbons (Fsp3) is 0.524. The third-order valence-electron chi connectivity index (χ3n) is 5.44. The minimum absolute atomic E-state index is 0.138. The summed E-state index contributed by atoms with van der Waals surface area (Å²) in [5.41, 5.74) is 0.438. The van der Waals surface area contributed by atoms with Crippen LogP contribution in [0, 0.1) is 0 Å². The maximum Gasteiger partial charge on any atom is 0.257 e. The van der Waals surface area contributed by atoms with E-state index in [9.17, 15) is 4.79 Å². The monoisotopic (exact) mass is 428 g/mol. The lowest BCUT2D eigenvalue weighted by Crippen LogP contribution is -2.46. The van der Waals surface area contributed by atoms with Crippen molar-refractivity contribution in [1.29, 1.82) is 0 Å². The van der Waals surface area contributed by atoms with Gasteiger partial charge in [-0.2, -0.15) is 9.97 Å². The fourth-order valence-corrected chi connectivity index (χ4v) is 3.70. The number of pyridine rings is 1. The number of carbonyl (C=O) groups is 1. The molecule has 0 bridgehead atoms. The topological polar surface area (TPSA) is 102 Å². The van der Waals surface area contributed by atoms with Crippen LogP contribution in [0.5, 0.6) is 5.88 Å². The van der Waals surface area contributed by atoms with Crippen molar-refractivity contribution in [3.63, 3.8) is 0 Å². The summed E-state index contributed by atoms with van der Waals surface area (Å²) in [5.74, 6) is 1.87. The van der Waals surface area contributed by atoms with Crippen molar-refractivity contribution in [2.75, 3.05) is 61.7 Å². The van der Waals surface area contributed by atoms with Crippen LogP contribution in [0.3, 0.4) is 0 Å². The minimum Gasteiger partial charge on any atom is -0.481 e. The van der Waals surface area contributed by atoms with Crippen molar-refractivity contribution in [2.24, 2.45) is 0 Å². The van der Waals surface area contributed by atoms with E-state index in [0.717, 1.165) is 12.4 Å². The molecular formula is C21H28N6O4. The molecule has 1 amide bonds. The lowest BCUT2D eigenvalue weighted by Gasteiger charge is -2.36. The molecule has 2 saturated heterocycles. The molecule has 2 aliphatic heterocycles. The number of ether oxygens (including phenoxy) is 3. The molecule has 166 valence electrons. The van der Waals surface area contributed by atoms with E-state index in [2.05, 4.69) is 38.9 Å². The number of methoxy groups -OCH3 is 1. The van der Waals surface area contributed by atoms with Gasteiger partial charge in [0.25, 0.3) is 5.91 Å². The Bertz CT molecular complexity index is 886. The number of rotatable bonds is 5. The highest BCUT2D eigenvalue weighted by molar-refractivity contribution is 6.04. The SMILES string of the molecule is COc1cc(C(=O)Nc2cc(N3CCOC[C@@H]3C)nc(N3CCOC[C@@H]3C)n2)ccn1. The highest BCUT2D eigenvalue weighted by Crippen LogP contribution is 2.26. The standard InChI is InChI=1S/C21H28N6O4/c1-14-12-30-8-6-26(14)18-11-17(23-20(28)16-4-5-22-19(10-16)29-3)24-21(25-18)27-7-9-31-13-15(27)2/h4-5,10-11,14-15H,6-9,12-13H2,1-3H3,(H,23,24,25,28)/t14-,15-/m0/s1. The second-order valence-electron chi connectivity index (χ2n) is 7.69. The van der Waals surface area contributed by atoms with Gasteiger partial charge in [0.05, 0.1) is 45.6 Å². The van der Waals surface area contributed by atoms with E-state index < -0.39 is 0 Å². The van der Waals surface area contributed by atoms with Crippen LogP contribution in [-0.2, 0) is 9.47 Å². The molecule has 2 aromatic rings. The van der Waals surface area contributed by atoms with E-state index in [1.807, 2.05) is 6.07 Å². The zero-order valence-electron chi connectivity index (χ0n) is 18.1. The van der Waals surface area contributed by atoms with Crippen LogP contribution in [0.25, 0.3) is 0 Å². The summed E-state index contributed by atoms with van der Waals surface area (Å²) in [5, 5.41) is 2.91. The molecule has 0 saturated carbocycles. The molecule has 2 fully saturated rings. The fourth-order valence-electron chi connectivity index (χ4n) is 3.70. The Balaban J connectivity index is 1.65. The van der Waals surface area contributed by atoms with Crippen LogP contribution in [0.1, 0.15) is 24.2 Å². The van der Waals surface area contributed by atoms with Crippen molar-refractivity contribution < 1.29 is 19.0 Å². The number of hydrogen-bond donors (Lipinski definition) is 1. The van der Waals surface area contributed by atoms with Crippen LogP contribution in [0.15, 0.2) is 24.4 Å². The molecule has 2 aromatic heterocycles. The van der Waals surface area contributed by atoms with E-state index >= 15 is 0 Å². The van der Waals surface area contributed by atoms with Gasteiger partial charge >= 0.3 is 0 Å². The zero-order valence-corrected chi connectivity index (χ0v) is 18.1. The number of amides is 1. The van der Waals surface area contributed by atoms with Crippen molar-refractivity contribution in [1.82, 2.24) is 15.0 Å². The summed E-state index contributed by atoms with van der Waals surface area (Å²) in [4.78, 5) is 30.7. The van der Waals surface area contributed by atoms with E-state index in [-0.39, 0.29) is 18.0 Å². The second-order valence-corrected chi connectivity index (χ2v) is 7.69. The Morgan fingerprint density at radius 1 is 1.10 bits per heavy atom. The number of nitrogens with one attached hydrogen (secondary N) is 1. The predicted octanol–water partition coefficient (Wildman–Crippen LogP) is 1.58. The van der Waals surface area contributed by atoms with Gasteiger partial charge in [-0.3, -0.25) is 4.79 Å². The number of hydrogen-bond acceptors (Lipinski definition) is 9. The Hall–Kier alpha value is -2.98. The highest BCUT2D eigenvalue weighted by atomic mass is 16.5. The van der Waals surface area contributed by atoms with Crippen LogP contribution in [0.2, 0.25) is 0 Å². The Morgan fingerprint density at radius 3 is 2.48 bits per heavy atom. The first-order valence-corrected chi connectivity index (χ1v) is 10.4. The van der Waals surface area contributed by atoms with Gasteiger partial charge in [-0.25, -0.2) is 4.98 Å². The Morgan fingerprint density at radius 2 is 1.81 bits per heavy atom. The van der Waals surface area contributed by atoms with Crippen LogP contribution in [0.4, 0.5) is 17.6 Å².